The van der Waals surface area contributed by atoms with Crippen LogP contribution in [0.25, 0.3) is 10.9 Å². The number of hydrogen-bond acceptors (Lipinski definition) is 4. The van der Waals surface area contributed by atoms with Crippen LogP contribution >= 0.6 is 0 Å². The molecule has 4 rings (SSSR count). The Kier molecular flexibility index (Phi) is 5.18. The van der Waals surface area contributed by atoms with Crippen molar-refractivity contribution in [3.63, 3.8) is 0 Å². The second kappa shape index (κ2) is 7.78. The molecule has 1 saturated heterocycles. The molecule has 1 fully saturated rings. The molecule has 0 unspecified atom stereocenters. The van der Waals surface area contributed by atoms with Crippen LogP contribution in [-0.4, -0.2) is 53.0 Å². The number of nitrogens with one attached hydrogen (secondary N) is 1. The van der Waals surface area contributed by atoms with Crippen LogP contribution in [0, 0.1) is 0 Å². The molecule has 152 valence electrons. The molecular formula is C23H28N4O2. The molecule has 0 atom stereocenters. The molecule has 1 aliphatic heterocycles. The number of aromatic amines is 1. The molecule has 0 radical (unpaired) electrons. The third-order valence-corrected chi connectivity index (χ3v) is 5.13. The Bertz CT molecular complexity index is 983. The normalized spacial score (nSPS) is 15.0. The average molecular weight is 393 g/mol. The summed E-state index contributed by atoms with van der Waals surface area (Å²) in [6.45, 7) is 8.54. The van der Waals surface area contributed by atoms with E-state index in [-0.39, 0.29) is 6.09 Å². The molecule has 6 nitrogen and oxygen atoms in total. The van der Waals surface area contributed by atoms with Crippen molar-refractivity contribution >= 4 is 22.7 Å². The summed E-state index contributed by atoms with van der Waals surface area (Å²) in [5, 5.41) is 8.94. The van der Waals surface area contributed by atoms with E-state index in [1.165, 1.54) is 16.6 Å². The van der Waals surface area contributed by atoms with Gasteiger partial charge in [0.1, 0.15) is 5.60 Å². The number of aromatic nitrogens is 2. The molecule has 1 aromatic heterocycles. The maximum atomic E-state index is 12.4. The lowest BCUT2D eigenvalue weighted by Gasteiger charge is -2.37. The maximum Gasteiger partial charge on any atom is 0.410 e. The summed E-state index contributed by atoms with van der Waals surface area (Å²) in [6.07, 6.45) is 0.554. The van der Waals surface area contributed by atoms with Crippen molar-refractivity contribution in [2.24, 2.45) is 0 Å². The summed E-state index contributed by atoms with van der Waals surface area (Å²) in [7, 11) is 0. The largest absolute Gasteiger partial charge is 0.444 e. The van der Waals surface area contributed by atoms with Crippen molar-refractivity contribution in [1.82, 2.24) is 15.1 Å². The van der Waals surface area contributed by atoms with E-state index < -0.39 is 5.60 Å². The monoisotopic (exact) mass is 392 g/mol. The number of carbonyl (C=O) groups is 1. The number of hydrogen-bond donors (Lipinski definition) is 1. The first-order valence-corrected chi connectivity index (χ1v) is 10.1. The molecule has 0 saturated carbocycles. The number of H-pyrrole nitrogens is 1. The SMILES string of the molecule is CC(C)(C)OC(=O)N1CCN(c2cccc3[nH]nc(Cc4ccccc4)c23)CC1. The first-order chi connectivity index (χ1) is 13.9. The van der Waals surface area contributed by atoms with Crippen LogP contribution in [0.1, 0.15) is 32.0 Å². The number of rotatable bonds is 3. The fourth-order valence-corrected chi connectivity index (χ4v) is 3.76. The molecule has 1 amide bonds. The van der Waals surface area contributed by atoms with Crippen molar-refractivity contribution in [3.8, 4) is 0 Å². The lowest BCUT2D eigenvalue weighted by molar-refractivity contribution is 0.0240. The molecule has 0 spiro atoms. The third-order valence-electron chi connectivity index (χ3n) is 5.13. The van der Waals surface area contributed by atoms with Crippen molar-refractivity contribution < 1.29 is 9.53 Å². The van der Waals surface area contributed by atoms with E-state index >= 15 is 0 Å². The number of anilines is 1. The Morgan fingerprint density at radius 3 is 2.45 bits per heavy atom. The van der Waals surface area contributed by atoms with E-state index in [4.69, 9.17) is 4.74 Å². The highest BCUT2D eigenvalue weighted by molar-refractivity contribution is 5.94. The number of piperazine rings is 1. The predicted molar refractivity (Wildman–Crippen MR) is 115 cm³/mol. The van der Waals surface area contributed by atoms with E-state index in [1.807, 2.05) is 26.8 Å². The number of ether oxygens (including phenoxy) is 1. The van der Waals surface area contributed by atoms with E-state index in [2.05, 4.69) is 57.6 Å². The summed E-state index contributed by atoms with van der Waals surface area (Å²) in [6, 6.07) is 16.7. The van der Waals surface area contributed by atoms with Crippen LogP contribution in [0.3, 0.4) is 0 Å². The standard InChI is InChI=1S/C23H28N4O2/c1-23(2,3)29-22(28)27-14-12-26(13-15-27)20-11-7-10-18-21(20)19(25-24-18)16-17-8-5-4-6-9-17/h4-11H,12-16H2,1-3H3,(H,24,25). The van der Waals surface area contributed by atoms with Crippen LogP contribution in [0.15, 0.2) is 48.5 Å². The average Bonchev–Trinajstić information content (AvgIpc) is 3.11. The Labute approximate surface area is 171 Å². The van der Waals surface area contributed by atoms with Gasteiger partial charge in [0, 0.05) is 43.7 Å². The minimum Gasteiger partial charge on any atom is -0.444 e. The van der Waals surface area contributed by atoms with Gasteiger partial charge in [-0.2, -0.15) is 5.10 Å². The van der Waals surface area contributed by atoms with Gasteiger partial charge in [-0.3, -0.25) is 5.10 Å². The number of amides is 1. The summed E-state index contributed by atoms with van der Waals surface area (Å²) in [5.74, 6) is 0. The molecule has 29 heavy (non-hydrogen) atoms. The molecule has 2 heterocycles. The van der Waals surface area contributed by atoms with E-state index in [0.29, 0.717) is 13.1 Å². The number of benzene rings is 2. The Morgan fingerprint density at radius 1 is 1.03 bits per heavy atom. The van der Waals surface area contributed by atoms with Gasteiger partial charge in [0.2, 0.25) is 0 Å². The quantitative estimate of drug-likeness (QED) is 0.725. The summed E-state index contributed by atoms with van der Waals surface area (Å²) in [5.41, 5.74) is 4.04. The molecule has 2 aromatic carbocycles. The zero-order chi connectivity index (χ0) is 20.4. The van der Waals surface area contributed by atoms with Crippen molar-refractivity contribution in [1.29, 1.82) is 0 Å². The van der Waals surface area contributed by atoms with Gasteiger partial charge >= 0.3 is 6.09 Å². The minimum absolute atomic E-state index is 0.233. The highest BCUT2D eigenvalue weighted by atomic mass is 16.6. The second-order valence-corrected chi connectivity index (χ2v) is 8.49. The van der Waals surface area contributed by atoms with E-state index in [1.54, 1.807) is 4.90 Å². The molecular weight excluding hydrogens is 364 g/mol. The Balaban J connectivity index is 1.53. The Morgan fingerprint density at radius 2 is 1.76 bits per heavy atom. The predicted octanol–water partition coefficient (Wildman–Crippen LogP) is 4.21. The summed E-state index contributed by atoms with van der Waals surface area (Å²) < 4.78 is 5.51. The third kappa shape index (κ3) is 4.36. The zero-order valence-electron chi connectivity index (χ0n) is 17.3. The highest BCUT2D eigenvalue weighted by Crippen LogP contribution is 2.30. The smallest absolute Gasteiger partial charge is 0.410 e. The molecule has 6 heteroatoms. The zero-order valence-corrected chi connectivity index (χ0v) is 17.3. The van der Waals surface area contributed by atoms with E-state index in [9.17, 15) is 4.79 Å². The first kappa shape index (κ1) is 19.3. The van der Waals surface area contributed by atoms with Crippen LogP contribution in [0.4, 0.5) is 10.5 Å². The lowest BCUT2D eigenvalue weighted by atomic mass is 10.0. The maximum absolute atomic E-state index is 12.4. The van der Waals surface area contributed by atoms with Gasteiger partial charge in [0.15, 0.2) is 0 Å². The second-order valence-electron chi connectivity index (χ2n) is 8.49. The molecule has 3 aromatic rings. The number of nitrogens with zero attached hydrogens (tertiary/aromatic N) is 3. The van der Waals surface area contributed by atoms with Gasteiger partial charge in [-0.25, -0.2) is 4.79 Å². The van der Waals surface area contributed by atoms with E-state index in [0.717, 1.165) is 30.7 Å². The van der Waals surface area contributed by atoms with Gasteiger partial charge in [-0.1, -0.05) is 36.4 Å². The molecule has 1 N–H and O–H groups in total. The summed E-state index contributed by atoms with van der Waals surface area (Å²) in [4.78, 5) is 16.5. The first-order valence-electron chi connectivity index (χ1n) is 10.1. The van der Waals surface area contributed by atoms with Gasteiger partial charge in [-0.15, -0.1) is 0 Å². The van der Waals surface area contributed by atoms with Crippen LogP contribution in [-0.2, 0) is 11.2 Å². The van der Waals surface area contributed by atoms with Crippen molar-refractivity contribution in [2.75, 3.05) is 31.1 Å². The minimum atomic E-state index is -0.469. The van der Waals surface area contributed by atoms with Crippen molar-refractivity contribution in [2.45, 2.75) is 32.8 Å². The molecule has 1 aliphatic rings. The lowest BCUT2D eigenvalue weighted by Crippen LogP contribution is -2.50. The van der Waals surface area contributed by atoms with Gasteiger partial charge < -0.3 is 14.5 Å². The van der Waals surface area contributed by atoms with Gasteiger partial charge in [0.05, 0.1) is 11.2 Å². The molecule has 0 aliphatic carbocycles. The van der Waals surface area contributed by atoms with Crippen LogP contribution in [0.2, 0.25) is 0 Å². The van der Waals surface area contributed by atoms with Crippen molar-refractivity contribution in [3.05, 3.63) is 59.8 Å². The van der Waals surface area contributed by atoms with Gasteiger partial charge in [0.25, 0.3) is 0 Å². The molecule has 0 bridgehead atoms. The van der Waals surface area contributed by atoms with Gasteiger partial charge in [-0.05, 0) is 38.5 Å². The summed E-state index contributed by atoms with van der Waals surface area (Å²) >= 11 is 0. The number of carbonyl (C=O) groups excluding carboxylic acids is 1. The topological polar surface area (TPSA) is 61.5 Å². The highest BCUT2D eigenvalue weighted by Gasteiger charge is 2.27. The van der Waals surface area contributed by atoms with Crippen LogP contribution in [0.5, 0.6) is 0 Å². The fourth-order valence-electron chi connectivity index (χ4n) is 3.76. The van der Waals surface area contributed by atoms with Crippen LogP contribution < -0.4 is 4.90 Å². The Hall–Kier alpha value is -3.02. The number of fused-ring (bicyclic) bond motifs is 1. The fraction of sp³-hybridized carbons (Fsp3) is 0.391.